The number of carbonyl (C=O) groups is 3. The molecule has 0 bridgehead atoms. The van der Waals surface area contributed by atoms with Crippen LogP contribution >= 0.6 is 11.6 Å². The molecular formula is C23H18ClN3O4. The van der Waals surface area contributed by atoms with Crippen molar-refractivity contribution in [2.45, 2.75) is 6.92 Å². The quantitative estimate of drug-likeness (QED) is 0.208. The number of carbonyl (C=O) groups excluding carboxylic acids is 3. The van der Waals surface area contributed by atoms with Gasteiger partial charge in [0.05, 0.1) is 22.5 Å². The van der Waals surface area contributed by atoms with Crippen molar-refractivity contribution in [1.29, 1.82) is 0 Å². The molecule has 0 fully saturated rings. The minimum atomic E-state index is -0.945. The van der Waals surface area contributed by atoms with E-state index in [2.05, 4.69) is 15.8 Å². The van der Waals surface area contributed by atoms with Gasteiger partial charge in [-0.25, -0.2) is 10.2 Å². The summed E-state index contributed by atoms with van der Waals surface area (Å²) in [6.45, 7) is 1.89. The molecule has 0 radical (unpaired) electrons. The highest BCUT2D eigenvalue weighted by molar-refractivity contribution is 6.41. The van der Waals surface area contributed by atoms with Crippen LogP contribution < -0.4 is 15.5 Å². The largest absolute Gasteiger partial charge is 0.423 e. The normalized spacial score (nSPS) is 10.5. The Kier molecular flexibility index (Phi) is 7.13. The molecule has 3 aromatic carbocycles. The van der Waals surface area contributed by atoms with Gasteiger partial charge >= 0.3 is 17.8 Å². The summed E-state index contributed by atoms with van der Waals surface area (Å²) in [6.07, 6.45) is 1.35. The number of ether oxygens (including phenoxy) is 1. The molecule has 0 saturated carbocycles. The van der Waals surface area contributed by atoms with Crippen LogP contribution in [0.3, 0.4) is 0 Å². The molecule has 2 amide bonds. The number of hydrogen-bond acceptors (Lipinski definition) is 5. The van der Waals surface area contributed by atoms with E-state index in [0.717, 1.165) is 5.56 Å². The fourth-order valence-electron chi connectivity index (χ4n) is 2.52. The number of hydrazone groups is 1. The Morgan fingerprint density at radius 3 is 2.39 bits per heavy atom. The summed E-state index contributed by atoms with van der Waals surface area (Å²) in [5.74, 6) is -1.93. The average molecular weight is 436 g/mol. The Morgan fingerprint density at radius 1 is 0.935 bits per heavy atom. The smallest absolute Gasteiger partial charge is 0.343 e. The highest BCUT2D eigenvalue weighted by Gasteiger charge is 2.14. The van der Waals surface area contributed by atoms with Gasteiger partial charge in [-0.2, -0.15) is 5.10 Å². The molecule has 31 heavy (non-hydrogen) atoms. The molecule has 7 nitrogen and oxygen atoms in total. The molecular weight excluding hydrogens is 418 g/mol. The standard InChI is InChI=1S/C23H18ClN3O4/c1-15-5-4-6-17(13-15)23(30)31-18-11-9-16(10-12-18)14-25-27-22(29)21(28)26-20-8-3-2-7-19(20)24/h2-14H,1H3,(H,26,28)(H,27,29). The number of amides is 2. The van der Waals surface area contributed by atoms with E-state index in [4.69, 9.17) is 16.3 Å². The van der Waals surface area contributed by atoms with E-state index in [1.807, 2.05) is 13.0 Å². The monoisotopic (exact) mass is 435 g/mol. The number of esters is 1. The summed E-state index contributed by atoms with van der Waals surface area (Å²) in [5, 5.41) is 6.46. The predicted octanol–water partition coefficient (Wildman–Crippen LogP) is 3.96. The molecule has 0 atom stereocenters. The van der Waals surface area contributed by atoms with Gasteiger partial charge in [0.15, 0.2) is 0 Å². The van der Waals surface area contributed by atoms with Crippen molar-refractivity contribution in [1.82, 2.24) is 5.43 Å². The highest BCUT2D eigenvalue weighted by atomic mass is 35.5. The first-order valence-electron chi connectivity index (χ1n) is 9.20. The minimum absolute atomic E-state index is 0.315. The molecule has 0 unspecified atom stereocenters. The van der Waals surface area contributed by atoms with E-state index in [0.29, 0.717) is 27.6 Å². The first-order chi connectivity index (χ1) is 14.9. The maximum absolute atomic E-state index is 12.2. The van der Waals surface area contributed by atoms with Crippen LogP contribution in [0, 0.1) is 6.92 Å². The Morgan fingerprint density at radius 2 is 1.68 bits per heavy atom. The van der Waals surface area contributed by atoms with Crippen LogP contribution in [0.15, 0.2) is 77.9 Å². The SMILES string of the molecule is Cc1cccc(C(=O)Oc2ccc(C=NNC(=O)C(=O)Nc3ccccc3Cl)cc2)c1. The molecule has 0 heterocycles. The molecule has 2 N–H and O–H groups in total. The molecule has 3 rings (SSSR count). The number of nitrogens with zero attached hydrogens (tertiary/aromatic N) is 1. The van der Waals surface area contributed by atoms with Gasteiger partial charge in [0, 0.05) is 0 Å². The van der Waals surface area contributed by atoms with Crippen molar-refractivity contribution in [3.63, 3.8) is 0 Å². The molecule has 0 aliphatic heterocycles. The van der Waals surface area contributed by atoms with E-state index in [-0.39, 0.29) is 0 Å². The van der Waals surface area contributed by atoms with Crippen LogP contribution in [-0.2, 0) is 9.59 Å². The van der Waals surface area contributed by atoms with Crippen LogP contribution in [-0.4, -0.2) is 24.0 Å². The molecule has 0 saturated heterocycles. The second kappa shape index (κ2) is 10.2. The van der Waals surface area contributed by atoms with Crippen LogP contribution in [0.1, 0.15) is 21.5 Å². The average Bonchev–Trinajstić information content (AvgIpc) is 2.76. The van der Waals surface area contributed by atoms with Gasteiger partial charge in [-0.05, 0) is 61.0 Å². The van der Waals surface area contributed by atoms with E-state index < -0.39 is 17.8 Å². The Bertz CT molecular complexity index is 1140. The number of nitrogens with one attached hydrogen (secondary N) is 2. The van der Waals surface area contributed by atoms with Gasteiger partial charge in [0.2, 0.25) is 0 Å². The molecule has 156 valence electrons. The van der Waals surface area contributed by atoms with Crippen LogP contribution in [0.2, 0.25) is 5.02 Å². The maximum Gasteiger partial charge on any atom is 0.343 e. The van der Waals surface area contributed by atoms with Crippen molar-refractivity contribution < 1.29 is 19.1 Å². The van der Waals surface area contributed by atoms with Crippen molar-refractivity contribution in [2.24, 2.45) is 5.10 Å². The number of halogens is 1. The molecule has 0 aliphatic carbocycles. The van der Waals surface area contributed by atoms with Gasteiger partial charge in [-0.15, -0.1) is 0 Å². The third-order valence-electron chi connectivity index (χ3n) is 4.05. The van der Waals surface area contributed by atoms with Gasteiger partial charge in [-0.1, -0.05) is 41.4 Å². The van der Waals surface area contributed by atoms with E-state index >= 15 is 0 Å². The lowest BCUT2D eigenvalue weighted by Gasteiger charge is -2.06. The third-order valence-corrected chi connectivity index (χ3v) is 4.38. The van der Waals surface area contributed by atoms with Gasteiger partial charge in [-0.3, -0.25) is 9.59 Å². The first-order valence-corrected chi connectivity index (χ1v) is 9.58. The van der Waals surface area contributed by atoms with E-state index in [1.165, 1.54) is 6.21 Å². The zero-order valence-corrected chi connectivity index (χ0v) is 17.2. The first kappa shape index (κ1) is 21.7. The zero-order valence-electron chi connectivity index (χ0n) is 16.5. The summed E-state index contributed by atoms with van der Waals surface area (Å²) in [4.78, 5) is 35.9. The summed E-state index contributed by atoms with van der Waals surface area (Å²) < 4.78 is 5.33. The van der Waals surface area contributed by atoms with Crippen molar-refractivity contribution in [3.8, 4) is 5.75 Å². The molecule has 0 aliphatic rings. The third kappa shape index (κ3) is 6.25. The van der Waals surface area contributed by atoms with E-state index in [9.17, 15) is 14.4 Å². The van der Waals surface area contributed by atoms with E-state index in [1.54, 1.807) is 66.7 Å². The Balaban J connectivity index is 1.52. The number of rotatable bonds is 5. The lowest BCUT2D eigenvalue weighted by Crippen LogP contribution is -2.32. The van der Waals surface area contributed by atoms with Gasteiger partial charge in [0.25, 0.3) is 0 Å². The summed E-state index contributed by atoms with van der Waals surface area (Å²) >= 11 is 5.94. The topological polar surface area (TPSA) is 96.9 Å². The highest BCUT2D eigenvalue weighted by Crippen LogP contribution is 2.20. The summed E-state index contributed by atoms with van der Waals surface area (Å²) in [5.41, 5.74) is 4.51. The number of para-hydroxylation sites is 1. The Hall–Kier alpha value is -3.97. The zero-order chi connectivity index (χ0) is 22.2. The Labute approximate surface area is 183 Å². The summed E-state index contributed by atoms with van der Waals surface area (Å²) in [6, 6.07) is 20.2. The fourth-order valence-corrected chi connectivity index (χ4v) is 2.70. The maximum atomic E-state index is 12.2. The fraction of sp³-hybridized carbons (Fsp3) is 0.0435. The van der Waals surface area contributed by atoms with Crippen molar-refractivity contribution in [2.75, 3.05) is 5.32 Å². The predicted molar refractivity (Wildman–Crippen MR) is 118 cm³/mol. The minimum Gasteiger partial charge on any atom is -0.423 e. The summed E-state index contributed by atoms with van der Waals surface area (Å²) in [7, 11) is 0. The number of anilines is 1. The lowest BCUT2D eigenvalue weighted by atomic mass is 10.1. The second-order valence-electron chi connectivity index (χ2n) is 6.46. The van der Waals surface area contributed by atoms with Crippen LogP contribution in [0.25, 0.3) is 0 Å². The van der Waals surface area contributed by atoms with Crippen molar-refractivity contribution in [3.05, 3.63) is 94.5 Å². The molecule has 3 aromatic rings. The van der Waals surface area contributed by atoms with Crippen LogP contribution in [0.4, 0.5) is 5.69 Å². The molecule has 0 aromatic heterocycles. The number of aryl methyl sites for hydroxylation is 1. The second-order valence-corrected chi connectivity index (χ2v) is 6.87. The molecule has 8 heteroatoms. The number of benzene rings is 3. The van der Waals surface area contributed by atoms with Crippen LogP contribution in [0.5, 0.6) is 5.75 Å². The van der Waals surface area contributed by atoms with Gasteiger partial charge < -0.3 is 10.1 Å². The van der Waals surface area contributed by atoms with Crippen molar-refractivity contribution >= 4 is 41.3 Å². The number of hydrogen-bond donors (Lipinski definition) is 2. The van der Waals surface area contributed by atoms with Gasteiger partial charge in [0.1, 0.15) is 5.75 Å². The lowest BCUT2D eigenvalue weighted by molar-refractivity contribution is -0.136. The molecule has 0 spiro atoms.